The van der Waals surface area contributed by atoms with E-state index in [2.05, 4.69) is 30.9 Å². The van der Waals surface area contributed by atoms with Crippen LogP contribution in [0, 0.1) is 0 Å². The fourth-order valence-electron chi connectivity index (χ4n) is 1.83. The zero-order chi connectivity index (χ0) is 8.39. The molecule has 0 unspecified atom stereocenters. The Morgan fingerprint density at radius 2 is 2.00 bits per heavy atom. The Kier molecular flexibility index (Phi) is 2.28. The Morgan fingerprint density at radius 1 is 1.17 bits per heavy atom. The van der Waals surface area contributed by atoms with Crippen LogP contribution in [0.15, 0.2) is 24.3 Å². The number of hydrogen-bond acceptors (Lipinski definition) is 0. The maximum Gasteiger partial charge on any atom is -0.0150 e. The minimum atomic E-state index is 1.27. The van der Waals surface area contributed by atoms with Crippen molar-refractivity contribution in [3.63, 3.8) is 0 Å². The molecular weight excluding hydrogens is 163 g/mol. The summed E-state index contributed by atoms with van der Waals surface area (Å²) in [4.78, 5) is 0. The van der Waals surface area contributed by atoms with Gasteiger partial charge in [-0.05, 0) is 42.3 Å². The minimum absolute atomic E-state index is 1.27. The molecule has 0 saturated heterocycles. The lowest BCUT2D eigenvalue weighted by molar-refractivity contribution is 0.847. The fourth-order valence-corrected chi connectivity index (χ4v) is 2.67. The molecule has 1 aromatic rings. The van der Waals surface area contributed by atoms with Gasteiger partial charge in [0.2, 0.25) is 0 Å². The van der Waals surface area contributed by atoms with Gasteiger partial charge >= 0.3 is 0 Å². The average Bonchev–Trinajstić information content (AvgIpc) is 2.17. The first kappa shape index (κ1) is 8.01. The van der Waals surface area contributed by atoms with Crippen LogP contribution in [0.1, 0.15) is 24.0 Å². The first-order valence-electron chi connectivity index (χ1n) is 4.46. The highest BCUT2D eigenvalue weighted by molar-refractivity contribution is 7.40. The molecule has 0 atom stereocenters. The highest BCUT2D eigenvalue weighted by atomic mass is 31.1. The number of benzene rings is 1. The zero-order valence-corrected chi connectivity index (χ0v) is 8.27. The molecule has 0 radical (unpaired) electrons. The van der Waals surface area contributed by atoms with Crippen molar-refractivity contribution < 1.29 is 0 Å². The average molecular weight is 176 g/mol. The third-order valence-corrected chi connectivity index (χ3v) is 3.46. The van der Waals surface area contributed by atoms with Gasteiger partial charge in [0.25, 0.3) is 0 Å². The Morgan fingerprint density at radius 3 is 2.83 bits per heavy atom. The van der Waals surface area contributed by atoms with Gasteiger partial charge in [0, 0.05) is 0 Å². The van der Waals surface area contributed by atoms with E-state index in [1.807, 2.05) is 0 Å². The number of hydrogen-bond donors (Lipinski definition) is 0. The standard InChI is InChI=1S/C11H13P/c1-12-11-8-4-6-9-5-2-3-7-10(9)11/h2-3,5,7H,4,6,8H2,1H3. The molecule has 0 saturated carbocycles. The van der Waals surface area contributed by atoms with Crippen molar-refractivity contribution >= 4 is 13.5 Å². The molecule has 1 aliphatic rings. The smallest absolute Gasteiger partial charge is 0.0150 e. The second kappa shape index (κ2) is 3.41. The number of fused-ring (bicyclic) bond motifs is 1. The summed E-state index contributed by atoms with van der Waals surface area (Å²) in [5.41, 5.74) is 3.07. The van der Waals surface area contributed by atoms with Crippen LogP contribution in [0.4, 0.5) is 0 Å². The molecule has 1 heteroatoms. The molecule has 0 bridgehead atoms. The van der Waals surface area contributed by atoms with Crippen LogP contribution in [0.3, 0.4) is 0 Å². The Labute approximate surface area is 75.4 Å². The molecule has 62 valence electrons. The first-order chi connectivity index (χ1) is 5.92. The largest absolute Gasteiger partial charge is 0.104 e. The molecular formula is C11H13P. The van der Waals surface area contributed by atoms with E-state index >= 15 is 0 Å². The lowest BCUT2D eigenvalue weighted by Gasteiger charge is -2.17. The third kappa shape index (κ3) is 1.32. The van der Waals surface area contributed by atoms with E-state index in [-0.39, 0.29) is 0 Å². The van der Waals surface area contributed by atoms with Crippen molar-refractivity contribution in [3.05, 3.63) is 35.4 Å². The van der Waals surface area contributed by atoms with Crippen molar-refractivity contribution in [2.45, 2.75) is 19.3 Å². The molecule has 0 aliphatic heterocycles. The molecule has 2 rings (SSSR count). The van der Waals surface area contributed by atoms with Crippen LogP contribution < -0.4 is 0 Å². The molecule has 0 fully saturated rings. The van der Waals surface area contributed by atoms with Gasteiger partial charge in [-0.2, -0.15) is 0 Å². The molecule has 0 aromatic heterocycles. The maximum absolute atomic E-state index is 2.26. The SMILES string of the molecule is CP=C1CCCc2ccccc21. The summed E-state index contributed by atoms with van der Waals surface area (Å²) >= 11 is 0. The van der Waals surface area contributed by atoms with Crippen molar-refractivity contribution in [1.29, 1.82) is 0 Å². The summed E-state index contributed by atoms with van der Waals surface area (Å²) in [7, 11) is 1.45. The van der Waals surface area contributed by atoms with Gasteiger partial charge in [-0.3, -0.25) is 0 Å². The molecule has 0 spiro atoms. The van der Waals surface area contributed by atoms with Gasteiger partial charge in [0.15, 0.2) is 0 Å². The summed E-state index contributed by atoms with van der Waals surface area (Å²) in [6, 6.07) is 8.82. The van der Waals surface area contributed by atoms with Gasteiger partial charge in [-0.1, -0.05) is 24.3 Å². The second-order valence-electron chi connectivity index (χ2n) is 3.18. The van der Waals surface area contributed by atoms with E-state index in [1.165, 1.54) is 33.0 Å². The highest BCUT2D eigenvalue weighted by Gasteiger charge is 2.11. The predicted octanol–water partition coefficient (Wildman–Crippen LogP) is 3.12. The maximum atomic E-state index is 2.26. The van der Waals surface area contributed by atoms with Crippen LogP contribution in [-0.2, 0) is 6.42 Å². The summed E-state index contributed by atoms with van der Waals surface area (Å²) in [6.07, 6.45) is 3.91. The van der Waals surface area contributed by atoms with Gasteiger partial charge in [-0.15, -0.1) is 8.20 Å². The number of aryl methyl sites for hydroxylation is 1. The first-order valence-corrected chi connectivity index (χ1v) is 5.80. The topological polar surface area (TPSA) is 0 Å². The quantitative estimate of drug-likeness (QED) is 0.533. The number of rotatable bonds is 0. The third-order valence-electron chi connectivity index (χ3n) is 2.46. The van der Waals surface area contributed by atoms with Crippen LogP contribution >= 0.6 is 8.20 Å². The molecule has 0 N–H and O–H groups in total. The Balaban J connectivity index is 2.51. The second-order valence-corrected chi connectivity index (χ2v) is 4.17. The van der Waals surface area contributed by atoms with Gasteiger partial charge in [0.05, 0.1) is 0 Å². The van der Waals surface area contributed by atoms with Gasteiger partial charge in [0.1, 0.15) is 0 Å². The monoisotopic (exact) mass is 176 g/mol. The van der Waals surface area contributed by atoms with E-state index in [0.717, 1.165) is 0 Å². The molecule has 1 aromatic carbocycles. The molecule has 12 heavy (non-hydrogen) atoms. The summed E-state index contributed by atoms with van der Waals surface area (Å²) in [5.74, 6) is 0. The highest BCUT2D eigenvalue weighted by Crippen LogP contribution is 2.23. The molecule has 0 heterocycles. The van der Waals surface area contributed by atoms with Gasteiger partial charge in [-0.25, -0.2) is 0 Å². The van der Waals surface area contributed by atoms with Crippen LogP contribution in [0.5, 0.6) is 0 Å². The summed E-state index contributed by atoms with van der Waals surface area (Å²) < 4.78 is 0. The molecule has 0 amide bonds. The lowest BCUT2D eigenvalue weighted by Crippen LogP contribution is -2.09. The molecule has 0 nitrogen and oxygen atoms in total. The van der Waals surface area contributed by atoms with E-state index in [9.17, 15) is 0 Å². The van der Waals surface area contributed by atoms with Crippen molar-refractivity contribution in [2.24, 2.45) is 0 Å². The van der Waals surface area contributed by atoms with Crippen molar-refractivity contribution in [1.82, 2.24) is 0 Å². The van der Waals surface area contributed by atoms with Crippen molar-refractivity contribution in [3.8, 4) is 0 Å². The normalized spacial score (nSPS) is 19.2. The van der Waals surface area contributed by atoms with E-state index in [0.29, 0.717) is 0 Å². The van der Waals surface area contributed by atoms with E-state index in [1.54, 1.807) is 10.9 Å². The van der Waals surface area contributed by atoms with Crippen LogP contribution in [-0.4, -0.2) is 12.0 Å². The predicted molar refractivity (Wildman–Crippen MR) is 56.3 cm³/mol. The minimum Gasteiger partial charge on any atom is -0.104 e. The van der Waals surface area contributed by atoms with Crippen molar-refractivity contribution in [2.75, 3.05) is 6.66 Å². The van der Waals surface area contributed by atoms with Crippen LogP contribution in [0.2, 0.25) is 0 Å². The molecule has 1 aliphatic carbocycles. The fraction of sp³-hybridized carbons (Fsp3) is 0.364. The summed E-state index contributed by atoms with van der Waals surface area (Å²) in [5, 5.41) is 1.62. The summed E-state index contributed by atoms with van der Waals surface area (Å²) in [6.45, 7) is 2.23. The van der Waals surface area contributed by atoms with E-state index < -0.39 is 0 Å². The Hall–Kier alpha value is -0.610. The lowest BCUT2D eigenvalue weighted by atomic mass is 9.92. The van der Waals surface area contributed by atoms with Crippen LogP contribution in [0.25, 0.3) is 0 Å². The van der Waals surface area contributed by atoms with E-state index in [4.69, 9.17) is 0 Å². The van der Waals surface area contributed by atoms with Gasteiger partial charge < -0.3 is 0 Å². The zero-order valence-electron chi connectivity index (χ0n) is 7.38. The Bertz CT molecular complexity index is 313.